The molecular weight excluding hydrogens is 243 g/mol. The SMILES string of the molecule is CCNC(=O)C(Cl)Cc1c[c]c(F)cc1C#N. The van der Waals surface area contributed by atoms with Gasteiger partial charge in [-0.3, -0.25) is 4.79 Å². The second-order valence-corrected chi connectivity index (χ2v) is 3.92. The van der Waals surface area contributed by atoms with Gasteiger partial charge < -0.3 is 5.32 Å². The number of hydrogen-bond donors (Lipinski definition) is 1. The van der Waals surface area contributed by atoms with E-state index in [4.69, 9.17) is 16.9 Å². The number of nitrogens with zero attached hydrogens (tertiary/aromatic N) is 1. The molecule has 0 saturated carbocycles. The molecule has 3 nitrogen and oxygen atoms in total. The van der Waals surface area contributed by atoms with Gasteiger partial charge in [-0.05, 0) is 31.0 Å². The second-order valence-electron chi connectivity index (χ2n) is 3.40. The molecule has 0 fully saturated rings. The third-order valence-corrected chi connectivity index (χ3v) is 2.51. The maximum Gasteiger partial charge on any atom is 0.238 e. The normalized spacial score (nSPS) is 11.6. The minimum absolute atomic E-state index is 0.174. The third-order valence-electron chi connectivity index (χ3n) is 2.16. The lowest BCUT2D eigenvalue weighted by molar-refractivity contribution is -0.120. The van der Waals surface area contributed by atoms with E-state index < -0.39 is 11.2 Å². The molecule has 1 aromatic rings. The Hall–Kier alpha value is -1.60. The molecule has 0 aromatic heterocycles. The van der Waals surface area contributed by atoms with E-state index in [9.17, 15) is 9.18 Å². The summed E-state index contributed by atoms with van der Waals surface area (Å²) in [5.41, 5.74) is 0.691. The van der Waals surface area contributed by atoms with Crippen LogP contribution >= 0.6 is 11.6 Å². The number of halogens is 2. The van der Waals surface area contributed by atoms with Crippen LogP contribution in [-0.4, -0.2) is 17.8 Å². The van der Waals surface area contributed by atoms with Crippen molar-refractivity contribution in [3.63, 3.8) is 0 Å². The first-order valence-electron chi connectivity index (χ1n) is 5.10. The molecule has 89 valence electrons. The highest BCUT2D eigenvalue weighted by atomic mass is 35.5. The summed E-state index contributed by atoms with van der Waals surface area (Å²) in [6, 6.07) is 6.63. The number of carbonyl (C=O) groups excluding carboxylic acids is 1. The number of hydrogen-bond acceptors (Lipinski definition) is 2. The molecular formula is C12H11ClFN2O. The van der Waals surface area contributed by atoms with Crippen molar-refractivity contribution in [2.24, 2.45) is 0 Å². The fraction of sp³-hybridized carbons (Fsp3) is 0.333. The van der Waals surface area contributed by atoms with Crippen molar-refractivity contribution in [1.82, 2.24) is 5.32 Å². The van der Waals surface area contributed by atoms with E-state index in [2.05, 4.69) is 11.4 Å². The zero-order valence-corrected chi connectivity index (χ0v) is 10.0. The van der Waals surface area contributed by atoms with Gasteiger partial charge in [0.05, 0.1) is 11.6 Å². The number of alkyl halides is 1. The summed E-state index contributed by atoms with van der Waals surface area (Å²) < 4.78 is 12.8. The molecule has 0 aliphatic rings. The molecule has 1 aromatic carbocycles. The highest BCUT2D eigenvalue weighted by Crippen LogP contribution is 2.14. The van der Waals surface area contributed by atoms with Crippen molar-refractivity contribution in [2.75, 3.05) is 6.54 Å². The van der Waals surface area contributed by atoms with Crippen molar-refractivity contribution in [3.8, 4) is 6.07 Å². The van der Waals surface area contributed by atoms with Gasteiger partial charge in [-0.2, -0.15) is 5.26 Å². The number of carbonyl (C=O) groups is 1. The Morgan fingerprint density at radius 2 is 2.47 bits per heavy atom. The molecule has 0 heterocycles. The third kappa shape index (κ3) is 3.72. The fourth-order valence-electron chi connectivity index (χ4n) is 1.34. The van der Waals surface area contributed by atoms with Gasteiger partial charge in [-0.25, -0.2) is 4.39 Å². The average Bonchev–Trinajstić information content (AvgIpc) is 2.31. The maximum absolute atomic E-state index is 12.8. The number of nitrogens with one attached hydrogen (secondary N) is 1. The van der Waals surface area contributed by atoms with E-state index in [1.165, 1.54) is 6.07 Å². The summed E-state index contributed by atoms with van der Waals surface area (Å²) in [5.74, 6) is -0.906. The molecule has 1 unspecified atom stereocenters. The highest BCUT2D eigenvalue weighted by molar-refractivity contribution is 6.30. The Kier molecular flexibility index (Phi) is 4.92. The lowest BCUT2D eigenvalue weighted by atomic mass is 10.0. The molecule has 17 heavy (non-hydrogen) atoms. The molecule has 1 radical (unpaired) electrons. The van der Waals surface area contributed by atoms with Gasteiger partial charge in [0.15, 0.2) is 0 Å². The molecule has 1 rings (SSSR count). The molecule has 1 amide bonds. The van der Waals surface area contributed by atoms with Crippen molar-refractivity contribution in [1.29, 1.82) is 5.26 Å². The van der Waals surface area contributed by atoms with Gasteiger partial charge in [0.1, 0.15) is 11.2 Å². The number of rotatable bonds is 4. The molecule has 1 atom stereocenters. The van der Waals surface area contributed by atoms with Crippen LogP contribution in [0.5, 0.6) is 0 Å². The van der Waals surface area contributed by atoms with E-state index in [0.29, 0.717) is 12.1 Å². The van der Waals surface area contributed by atoms with Gasteiger partial charge in [0, 0.05) is 12.6 Å². The van der Waals surface area contributed by atoms with E-state index in [1.807, 2.05) is 6.07 Å². The summed E-state index contributed by atoms with van der Waals surface area (Å²) in [7, 11) is 0. The van der Waals surface area contributed by atoms with Crippen molar-refractivity contribution in [2.45, 2.75) is 18.7 Å². The highest BCUT2D eigenvalue weighted by Gasteiger charge is 2.17. The number of nitriles is 1. The Labute approximate surface area is 104 Å². The molecule has 0 bridgehead atoms. The molecule has 0 spiro atoms. The summed E-state index contributed by atoms with van der Waals surface area (Å²) in [5, 5.41) is 10.6. The van der Waals surface area contributed by atoms with E-state index in [1.54, 1.807) is 6.92 Å². The van der Waals surface area contributed by atoms with Gasteiger partial charge in [-0.1, -0.05) is 0 Å². The monoisotopic (exact) mass is 253 g/mol. The van der Waals surface area contributed by atoms with Crippen LogP contribution in [-0.2, 0) is 11.2 Å². The Balaban J connectivity index is 2.82. The molecule has 0 saturated heterocycles. The quantitative estimate of drug-likeness (QED) is 0.832. The largest absolute Gasteiger partial charge is 0.355 e. The predicted octanol–water partition coefficient (Wildman–Crippen LogP) is 1.78. The molecule has 1 N–H and O–H groups in total. The summed E-state index contributed by atoms with van der Waals surface area (Å²) in [4.78, 5) is 11.4. The number of benzene rings is 1. The molecule has 5 heteroatoms. The standard InChI is InChI=1S/C12H11ClFN2O/c1-2-16-12(17)11(13)6-8-3-4-10(14)5-9(8)7-15/h3,5,11H,2,6H2,1H3,(H,16,17). The van der Waals surface area contributed by atoms with Crippen LogP contribution in [0.4, 0.5) is 4.39 Å². The van der Waals surface area contributed by atoms with E-state index in [-0.39, 0.29) is 17.9 Å². The lowest BCUT2D eigenvalue weighted by Crippen LogP contribution is -2.32. The van der Waals surface area contributed by atoms with E-state index >= 15 is 0 Å². The van der Waals surface area contributed by atoms with Crippen molar-refractivity contribution in [3.05, 3.63) is 35.1 Å². The van der Waals surface area contributed by atoms with Gasteiger partial charge in [0.2, 0.25) is 5.91 Å². The minimum Gasteiger partial charge on any atom is -0.355 e. The lowest BCUT2D eigenvalue weighted by Gasteiger charge is -2.10. The number of amides is 1. The van der Waals surface area contributed by atoms with Crippen LogP contribution < -0.4 is 5.32 Å². The van der Waals surface area contributed by atoms with Gasteiger partial charge >= 0.3 is 0 Å². The van der Waals surface area contributed by atoms with Crippen LogP contribution in [0.25, 0.3) is 0 Å². The van der Waals surface area contributed by atoms with Crippen molar-refractivity contribution < 1.29 is 9.18 Å². The zero-order valence-electron chi connectivity index (χ0n) is 9.26. The summed E-state index contributed by atoms with van der Waals surface area (Å²) >= 11 is 5.88. The Morgan fingerprint density at radius 3 is 3.06 bits per heavy atom. The van der Waals surface area contributed by atoms with Gasteiger partial charge in [-0.15, -0.1) is 11.6 Å². The maximum atomic E-state index is 12.8. The second kappa shape index (κ2) is 6.21. The zero-order chi connectivity index (χ0) is 12.8. The molecule has 0 aliphatic heterocycles. The van der Waals surface area contributed by atoms with Crippen LogP contribution in [0.3, 0.4) is 0 Å². The predicted molar refractivity (Wildman–Crippen MR) is 62.0 cm³/mol. The fourth-order valence-corrected chi connectivity index (χ4v) is 1.58. The van der Waals surface area contributed by atoms with Crippen LogP contribution in [0, 0.1) is 23.2 Å². The first-order valence-corrected chi connectivity index (χ1v) is 5.54. The van der Waals surface area contributed by atoms with E-state index in [0.717, 1.165) is 6.07 Å². The van der Waals surface area contributed by atoms with Crippen LogP contribution in [0.15, 0.2) is 12.1 Å². The van der Waals surface area contributed by atoms with Gasteiger partial charge in [0.25, 0.3) is 0 Å². The van der Waals surface area contributed by atoms with Crippen LogP contribution in [0.1, 0.15) is 18.1 Å². The Bertz CT molecular complexity index is 456. The van der Waals surface area contributed by atoms with Crippen molar-refractivity contribution >= 4 is 17.5 Å². The first kappa shape index (κ1) is 13.5. The first-order chi connectivity index (χ1) is 8.08. The minimum atomic E-state index is -0.777. The average molecular weight is 254 g/mol. The summed E-state index contributed by atoms with van der Waals surface area (Å²) in [6.07, 6.45) is 0.174. The summed E-state index contributed by atoms with van der Waals surface area (Å²) in [6.45, 7) is 2.27. The molecule has 0 aliphatic carbocycles. The van der Waals surface area contributed by atoms with Crippen LogP contribution in [0.2, 0.25) is 0 Å². The smallest absolute Gasteiger partial charge is 0.238 e. The topological polar surface area (TPSA) is 52.9 Å². The Morgan fingerprint density at radius 1 is 1.76 bits per heavy atom.